The third kappa shape index (κ3) is 1.69. The lowest BCUT2D eigenvalue weighted by atomic mass is 10.1. The zero-order valence-corrected chi connectivity index (χ0v) is 10.9. The molecule has 0 fully saturated rings. The van der Waals surface area contributed by atoms with Crippen molar-refractivity contribution in [1.82, 2.24) is 14.8 Å². The number of rotatable bonds is 3. The summed E-state index contributed by atoms with van der Waals surface area (Å²) < 4.78 is 1.40. The molecule has 0 saturated heterocycles. The molecule has 3 rings (SSSR count). The van der Waals surface area contributed by atoms with Crippen molar-refractivity contribution in [3.63, 3.8) is 0 Å². The van der Waals surface area contributed by atoms with E-state index in [1.807, 2.05) is 13.0 Å². The average molecular weight is 271 g/mol. The van der Waals surface area contributed by atoms with E-state index in [1.165, 1.54) is 4.68 Å². The number of aromatic amines is 1. The van der Waals surface area contributed by atoms with Gasteiger partial charge in [0.05, 0.1) is 0 Å². The maximum Gasteiger partial charge on any atom is 0.354 e. The van der Waals surface area contributed by atoms with Gasteiger partial charge >= 0.3 is 5.97 Å². The van der Waals surface area contributed by atoms with Gasteiger partial charge in [-0.1, -0.05) is 25.1 Å². The fourth-order valence-electron chi connectivity index (χ4n) is 2.46. The summed E-state index contributed by atoms with van der Waals surface area (Å²) >= 11 is 0. The molecule has 3 aromatic rings. The van der Waals surface area contributed by atoms with E-state index >= 15 is 0 Å². The molecule has 0 bridgehead atoms. The van der Waals surface area contributed by atoms with E-state index in [1.54, 1.807) is 18.2 Å². The molecule has 0 atom stereocenters. The van der Waals surface area contributed by atoms with E-state index in [4.69, 9.17) is 0 Å². The molecular weight excluding hydrogens is 258 g/mol. The molecule has 2 aromatic heterocycles. The van der Waals surface area contributed by atoms with Crippen molar-refractivity contribution in [1.29, 1.82) is 0 Å². The van der Waals surface area contributed by atoms with Gasteiger partial charge in [-0.3, -0.25) is 9.48 Å². The van der Waals surface area contributed by atoms with Gasteiger partial charge < -0.3 is 10.1 Å². The molecule has 0 aliphatic rings. The Labute approximate surface area is 113 Å². The lowest BCUT2D eigenvalue weighted by Crippen LogP contribution is -2.09. The number of para-hydroxylation sites is 1. The van der Waals surface area contributed by atoms with E-state index in [9.17, 15) is 14.7 Å². The highest BCUT2D eigenvalue weighted by Crippen LogP contribution is 2.24. The van der Waals surface area contributed by atoms with E-state index in [2.05, 4.69) is 10.1 Å². The molecule has 1 aromatic carbocycles. The van der Waals surface area contributed by atoms with Crippen LogP contribution in [0.5, 0.6) is 0 Å². The van der Waals surface area contributed by atoms with Gasteiger partial charge in [0.15, 0.2) is 11.2 Å². The number of nitrogens with one attached hydrogen (secondary N) is 1. The van der Waals surface area contributed by atoms with Gasteiger partial charge in [0.1, 0.15) is 0 Å². The van der Waals surface area contributed by atoms with Crippen LogP contribution in [0.2, 0.25) is 0 Å². The number of aryl methyl sites for hydroxylation is 1. The molecule has 0 aliphatic heterocycles. The Morgan fingerprint density at radius 1 is 1.40 bits per heavy atom. The lowest BCUT2D eigenvalue weighted by Gasteiger charge is -2.02. The van der Waals surface area contributed by atoms with Crippen LogP contribution in [-0.2, 0) is 6.54 Å². The van der Waals surface area contributed by atoms with Crippen LogP contribution >= 0.6 is 0 Å². The van der Waals surface area contributed by atoms with Crippen molar-refractivity contribution in [2.24, 2.45) is 0 Å². The molecule has 0 saturated carbocycles. The first-order chi connectivity index (χ1) is 9.63. The molecule has 2 heterocycles. The van der Waals surface area contributed by atoms with Crippen LogP contribution in [0.15, 0.2) is 29.1 Å². The van der Waals surface area contributed by atoms with Gasteiger partial charge in [-0.15, -0.1) is 0 Å². The Bertz CT molecular complexity index is 876. The van der Waals surface area contributed by atoms with Crippen LogP contribution in [0.3, 0.4) is 0 Å². The minimum atomic E-state index is -1.07. The fourth-order valence-corrected chi connectivity index (χ4v) is 2.46. The highest BCUT2D eigenvalue weighted by atomic mass is 16.4. The normalized spacial score (nSPS) is 11.2. The Morgan fingerprint density at radius 2 is 2.15 bits per heavy atom. The molecule has 6 nitrogen and oxygen atoms in total. The first kappa shape index (κ1) is 12.4. The molecular formula is C14H13N3O3. The number of hydrogen-bond donors (Lipinski definition) is 2. The predicted molar refractivity (Wildman–Crippen MR) is 75.1 cm³/mol. The molecule has 6 heteroatoms. The van der Waals surface area contributed by atoms with Crippen LogP contribution in [0, 0.1) is 0 Å². The van der Waals surface area contributed by atoms with E-state index in [0.717, 1.165) is 6.42 Å². The van der Waals surface area contributed by atoms with Gasteiger partial charge in [-0.25, -0.2) is 4.79 Å². The number of pyridine rings is 1. The van der Waals surface area contributed by atoms with E-state index in [-0.39, 0.29) is 16.8 Å². The monoisotopic (exact) mass is 271 g/mol. The number of carboxylic acid groups (broad SMARTS) is 1. The number of hydrogen-bond acceptors (Lipinski definition) is 3. The molecule has 0 aliphatic carbocycles. The number of carbonyl (C=O) groups is 1. The van der Waals surface area contributed by atoms with Crippen molar-refractivity contribution in [2.75, 3.05) is 0 Å². The maximum absolute atomic E-state index is 12.1. The summed E-state index contributed by atoms with van der Waals surface area (Å²) in [5.74, 6) is -1.07. The highest BCUT2D eigenvalue weighted by Gasteiger charge is 2.21. The summed E-state index contributed by atoms with van der Waals surface area (Å²) in [6.45, 7) is 2.39. The minimum Gasteiger partial charge on any atom is -0.477 e. The average Bonchev–Trinajstić information content (AvgIpc) is 2.79. The highest BCUT2D eigenvalue weighted by molar-refractivity contribution is 6.13. The standard InChI is InChI=1S/C14H13N3O3/c1-2-7-17-12(14(19)20)10-8-5-3-4-6-9(8)15-13(18)11(10)16-17/h3-6H,2,7H2,1H3,(H,15,18)(H,19,20). The van der Waals surface area contributed by atoms with Gasteiger partial charge in [-0.05, 0) is 12.5 Å². The topological polar surface area (TPSA) is 88.0 Å². The number of aromatic nitrogens is 3. The van der Waals surface area contributed by atoms with Crippen LogP contribution in [0.1, 0.15) is 23.8 Å². The molecule has 0 radical (unpaired) electrons. The smallest absolute Gasteiger partial charge is 0.354 e. The van der Waals surface area contributed by atoms with Gasteiger partial charge in [0, 0.05) is 22.8 Å². The second-order valence-electron chi connectivity index (χ2n) is 4.60. The summed E-state index contributed by atoms with van der Waals surface area (Å²) in [4.78, 5) is 26.3. The van der Waals surface area contributed by atoms with E-state index < -0.39 is 5.97 Å². The molecule has 0 spiro atoms. The summed E-state index contributed by atoms with van der Waals surface area (Å²) in [7, 11) is 0. The molecule has 0 unspecified atom stereocenters. The quantitative estimate of drug-likeness (QED) is 0.762. The van der Waals surface area contributed by atoms with Crippen molar-refractivity contribution in [3.05, 3.63) is 40.3 Å². The summed E-state index contributed by atoms with van der Waals surface area (Å²) in [5.41, 5.74) is 0.498. The number of carboxylic acids is 1. The second kappa shape index (κ2) is 4.48. The first-order valence-corrected chi connectivity index (χ1v) is 6.38. The molecule has 20 heavy (non-hydrogen) atoms. The van der Waals surface area contributed by atoms with Crippen molar-refractivity contribution >= 4 is 27.8 Å². The summed E-state index contributed by atoms with van der Waals surface area (Å²) in [6.07, 6.45) is 0.740. The largest absolute Gasteiger partial charge is 0.477 e. The van der Waals surface area contributed by atoms with Crippen LogP contribution in [0.25, 0.3) is 21.8 Å². The lowest BCUT2D eigenvalue weighted by molar-refractivity contribution is 0.0685. The maximum atomic E-state index is 12.1. The zero-order chi connectivity index (χ0) is 14.3. The summed E-state index contributed by atoms with van der Waals surface area (Å²) in [6, 6.07) is 7.14. The SMILES string of the molecule is CCCn1nc2c(=O)[nH]c3ccccc3c2c1C(=O)O. The van der Waals surface area contributed by atoms with Gasteiger partial charge in [-0.2, -0.15) is 5.10 Å². The zero-order valence-electron chi connectivity index (χ0n) is 10.9. The fraction of sp³-hybridized carbons (Fsp3) is 0.214. The predicted octanol–water partition coefficient (Wildman–Crippen LogP) is 1.99. The first-order valence-electron chi connectivity index (χ1n) is 6.38. The molecule has 2 N–H and O–H groups in total. The Kier molecular flexibility index (Phi) is 2.78. The number of benzene rings is 1. The third-order valence-corrected chi connectivity index (χ3v) is 3.25. The third-order valence-electron chi connectivity index (χ3n) is 3.25. The Balaban J connectivity index is 2.56. The number of fused-ring (bicyclic) bond motifs is 3. The number of H-pyrrole nitrogens is 1. The van der Waals surface area contributed by atoms with Crippen LogP contribution in [-0.4, -0.2) is 25.8 Å². The molecule has 0 amide bonds. The number of nitrogens with zero attached hydrogens (tertiary/aromatic N) is 2. The van der Waals surface area contributed by atoms with E-state index in [0.29, 0.717) is 22.8 Å². The van der Waals surface area contributed by atoms with Crippen LogP contribution in [0.4, 0.5) is 0 Å². The Morgan fingerprint density at radius 3 is 2.85 bits per heavy atom. The van der Waals surface area contributed by atoms with Gasteiger partial charge in [0.25, 0.3) is 5.56 Å². The minimum absolute atomic E-state index is 0.0733. The van der Waals surface area contributed by atoms with Crippen molar-refractivity contribution < 1.29 is 9.90 Å². The van der Waals surface area contributed by atoms with Crippen LogP contribution < -0.4 is 5.56 Å². The Hall–Kier alpha value is -2.63. The van der Waals surface area contributed by atoms with Gasteiger partial charge in [0.2, 0.25) is 0 Å². The second-order valence-corrected chi connectivity index (χ2v) is 4.60. The number of aromatic carboxylic acids is 1. The van der Waals surface area contributed by atoms with Crippen molar-refractivity contribution in [3.8, 4) is 0 Å². The van der Waals surface area contributed by atoms with Crippen molar-refractivity contribution in [2.45, 2.75) is 19.9 Å². The summed E-state index contributed by atoms with van der Waals surface area (Å²) in [5, 5.41) is 14.7. The molecule has 102 valence electrons.